The molecule has 0 fully saturated rings. The van der Waals surface area contributed by atoms with Crippen molar-refractivity contribution in [2.75, 3.05) is 0 Å². The van der Waals surface area contributed by atoms with Crippen LogP contribution in [0.25, 0.3) is 0 Å². The van der Waals surface area contributed by atoms with Crippen LogP contribution in [0.15, 0.2) is 29.2 Å². The van der Waals surface area contributed by atoms with Gasteiger partial charge in [0.15, 0.2) is 0 Å². The van der Waals surface area contributed by atoms with E-state index in [1.807, 2.05) is 24.3 Å². The quantitative estimate of drug-likeness (QED) is 0.728. The Kier molecular flexibility index (Phi) is 6.23. The van der Waals surface area contributed by atoms with Gasteiger partial charge in [0.05, 0.1) is 5.25 Å². The summed E-state index contributed by atoms with van der Waals surface area (Å²) in [6, 6.07) is 7.16. The largest absolute Gasteiger partial charge is 0.351 e. The number of amides is 3. The minimum atomic E-state index is -0.824. The monoisotopic (exact) mass is 309 g/mol. The van der Waals surface area contributed by atoms with Crippen molar-refractivity contribution in [3.8, 4) is 0 Å². The number of urea groups is 1. The van der Waals surface area contributed by atoms with Crippen LogP contribution >= 0.6 is 11.8 Å². The zero-order valence-electron chi connectivity index (χ0n) is 12.9. The van der Waals surface area contributed by atoms with Gasteiger partial charge in [0, 0.05) is 17.0 Å². The summed E-state index contributed by atoms with van der Waals surface area (Å²) >= 11 is 1.39. The normalized spacial score (nSPS) is 12.8. The molecule has 0 aliphatic rings. The molecule has 0 aliphatic heterocycles. The maximum atomic E-state index is 11.7. The molecular formula is C15H23N3O2S. The van der Waals surface area contributed by atoms with Crippen LogP contribution in [0.5, 0.6) is 0 Å². The zero-order chi connectivity index (χ0) is 16.0. The molecule has 0 saturated heterocycles. The third-order valence-electron chi connectivity index (χ3n) is 2.65. The summed E-state index contributed by atoms with van der Waals surface area (Å²) in [5, 5.41) is 5.12. The van der Waals surface area contributed by atoms with Gasteiger partial charge in [0.2, 0.25) is 5.91 Å². The summed E-state index contributed by atoms with van der Waals surface area (Å²) in [7, 11) is 0. The molecule has 0 radical (unpaired) electrons. The maximum absolute atomic E-state index is 11.7. The third kappa shape index (κ3) is 7.15. The van der Waals surface area contributed by atoms with Crippen LogP contribution < -0.4 is 16.4 Å². The highest BCUT2D eigenvalue weighted by atomic mass is 32.2. The molecule has 1 atom stereocenters. The first-order valence-electron chi connectivity index (χ1n) is 6.78. The number of nitrogens with two attached hydrogens (primary N) is 1. The molecule has 1 rings (SSSR count). The van der Waals surface area contributed by atoms with Crippen LogP contribution in [0.4, 0.5) is 4.79 Å². The summed E-state index contributed by atoms with van der Waals surface area (Å²) in [5.74, 6) is -0.384. The molecule has 1 aromatic rings. The van der Waals surface area contributed by atoms with Crippen LogP contribution in [-0.4, -0.2) is 22.7 Å². The Balaban J connectivity index is 2.64. The van der Waals surface area contributed by atoms with Crippen molar-refractivity contribution in [3.63, 3.8) is 0 Å². The molecule has 5 nitrogen and oxygen atoms in total. The van der Waals surface area contributed by atoms with E-state index >= 15 is 0 Å². The molecular weight excluding hydrogens is 286 g/mol. The second-order valence-corrected chi connectivity index (χ2v) is 7.28. The number of nitrogens with one attached hydrogen (secondary N) is 2. The molecule has 0 aliphatic carbocycles. The predicted octanol–water partition coefficient (Wildman–Crippen LogP) is 2.25. The van der Waals surface area contributed by atoms with E-state index in [2.05, 4.69) is 31.4 Å². The number of imide groups is 1. The SMILES string of the molecule is CC(Sc1cccc(CNC(C)(C)C)c1)C(=O)NC(N)=O. The molecule has 6 heteroatoms. The number of carbonyl (C=O) groups excluding carboxylic acids is 2. The molecule has 1 unspecified atom stereocenters. The van der Waals surface area contributed by atoms with Gasteiger partial charge in [-0.3, -0.25) is 10.1 Å². The molecule has 0 spiro atoms. The summed E-state index contributed by atoms with van der Waals surface area (Å²) in [6.07, 6.45) is 0. The lowest BCUT2D eigenvalue weighted by molar-refractivity contribution is -0.119. The Labute approximate surface area is 130 Å². The average Bonchev–Trinajstić information content (AvgIpc) is 2.35. The first kappa shape index (κ1) is 17.5. The lowest BCUT2D eigenvalue weighted by atomic mass is 10.1. The van der Waals surface area contributed by atoms with Gasteiger partial charge in [0.1, 0.15) is 0 Å². The first-order valence-corrected chi connectivity index (χ1v) is 7.66. The molecule has 21 heavy (non-hydrogen) atoms. The molecule has 0 heterocycles. The summed E-state index contributed by atoms with van der Waals surface area (Å²) in [5.41, 5.74) is 6.14. The van der Waals surface area contributed by atoms with Crippen molar-refractivity contribution in [1.29, 1.82) is 0 Å². The standard InChI is InChI=1S/C15H23N3O2S/c1-10(13(19)18-14(16)20)21-12-7-5-6-11(8-12)9-17-15(2,3)4/h5-8,10,17H,9H2,1-4H3,(H3,16,18,19,20). The van der Waals surface area contributed by atoms with Gasteiger partial charge in [-0.2, -0.15) is 0 Å². The van der Waals surface area contributed by atoms with Gasteiger partial charge in [-0.25, -0.2) is 4.79 Å². The number of primary amides is 1. The number of hydrogen-bond acceptors (Lipinski definition) is 4. The van der Waals surface area contributed by atoms with Crippen LogP contribution in [-0.2, 0) is 11.3 Å². The van der Waals surface area contributed by atoms with Gasteiger partial charge in [-0.15, -0.1) is 11.8 Å². The van der Waals surface area contributed by atoms with Crippen molar-refractivity contribution in [3.05, 3.63) is 29.8 Å². The lowest BCUT2D eigenvalue weighted by Crippen LogP contribution is -2.39. The van der Waals surface area contributed by atoms with Crippen LogP contribution in [0.2, 0.25) is 0 Å². The van der Waals surface area contributed by atoms with E-state index in [1.165, 1.54) is 11.8 Å². The molecule has 4 N–H and O–H groups in total. The molecule has 116 valence electrons. The van der Waals surface area contributed by atoms with E-state index in [0.29, 0.717) is 0 Å². The van der Waals surface area contributed by atoms with Gasteiger partial charge in [-0.1, -0.05) is 12.1 Å². The van der Waals surface area contributed by atoms with E-state index in [-0.39, 0.29) is 16.7 Å². The highest BCUT2D eigenvalue weighted by Crippen LogP contribution is 2.24. The second kappa shape index (κ2) is 7.47. The Bertz CT molecular complexity index is 512. The van der Waals surface area contributed by atoms with Gasteiger partial charge >= 0.3 is 6.03 Å². The first-order chi connectivity index (χ1) is 9.67. The van der Waals surface area contributed by atoms with E-state index in [0.717, 1.165) is 17.0 Å². The average molecular weight is 309 g/mol. The molecule has 3 amide bonds. The van der Waals surface area contributed by atoms with Crippen molar-refractivity contribution < 1.29 is 9.59 Å². The predicted molar refractivity (Wildman–Crippen MR) is 86.1 cm³/mol. The number of carbonyl (C=O) groups is 2. The third-order valence-corrected chi connectivity index (χ3v) is 3.74. The van der Waals surface area contributed by atoms with E-state index in [9.17, 15) is 9.59 Å². The van der Waals surface area contributed by atoms with Crippen molar-refractivity contribution in [2.45, 2.75) is 49.9 Å². The summed E-state index contributed by atoms with van der Waals surface area (Å²) < 4.78 is 0. The van der Waals surface area contributed by atoms with Crippen LogP contribution in [0.1, 0.15) is 33.3 Å². The maximum Gasteiger partial charge on any atom is 0.318 e. The van der Waals surface area contributed by atoms with Gasteiger partial charge in [-0.05, 0) is 45.4 Å². The molecule has 1 aromatic carbocycles. The van der Waals surface area contributed by atoms with E-state index in [1.54, 1.807) is 6.92 Å². The Morgan fingerprint density at radius 3 is 2.57 bits per heavy atom. The summed E-state index contributed by atoms with van der Waals surface area (Å²) in [4.78, 5) is 23.3. The minimum absolute atomic E-state index is 0.0534. The lowest BCUT2D eigenvalue weighted by Gasteiger charge is -2.20. The van der Waals surface area contributed by atoms with Crippen molar-refractivity contribution in [1.82, 2.24) is 10.6 Å². The highest BCUT2D eigenvalue weighted by molar-refractivity contribution is 8.00. The Morgan fingerprint density at radius 1 is 1.33 bits per heavy atom. The Hall–Kier alpha value is -1.53. The smallest absolute Gasteiger partial charge is 0.318 e. The highest BCUT2D eigenvalue weighted by Gasteiger charge is 2.16. The molecule has 0 aromatic heterocycles. The van der Waals surface area contributed by atoms with Crippen LogP contribution in [0.3, 0.4) is 0 Å². The van der Waals surface area contributed by atoms with Gasteiger partial charge in [0.25, 0.3) is 0 Å². The number of thioether (sulfide) groups is 1. The fraction of sp³-hybridized carbons (Fsp3) is 0.467. The fourth-order valence-electron chi connectivity index (χ4n) is 1.58. The molecule has 0 saturated carbocycles. The van der Waals surface area contributed by atoms with Crippen LogP contribution in [0, 0.1) is 0 Å². The number of rotatable bonds is 5. The van der Waals surface area contributed by atoms with E-state index in [4.69, 9.17) is 5.73 Å². The topological polar surface area (TPSA) is 84.2 Å². The second-order valence-electron chi connectivity index (χ2n) is 5.86. The number of hydrogen-bond donors (Lipinski definition) is 3. The fourth-order valence-corrected chi connectivity index (χ4v) is 2.53. The van der Waals surface area contributed by atoms with Crippen molar-refractivity contribution >= 4 is 23.7 Å². The molecule has 0 bridgehead atoms. The minimum Gasteiger partial charge on any atom is -0.351 e. The van der Waals surface area contributed by atoms with E-state index < -0.39 is 6.03 Å². The Morgan fingerprint density at radius 2 is 2.00 bits per heavy atom. The summed E-state index contributed by atoms with van der Waals surface area (Å²) in [6.45, 7) is 8.84. The number of benzene rings is 1. The zero-order valence-corrected chi connectivity index (χ0v) is 13.7. The van der Waals surface area contributed by atoms with Crippen molar-refractivity contribution in [2.24, 2.45) is 5.73 Å². The van der Waals surface area contributed by atoms with Gasteiger partial charge < -0.3 is 11.1 Å².